The molecule has 0 aliphatic carbocycles. The number of thiazole rings is 1. The van der Waals surface area contributed by atoms with Gasteiger partial charge in [0.25, 0.3) is 5.91 Å². The van der Waals surface area contributed by atoms with E-state index in [0.29, 0.717) is 33.5 Å². The lowest BCUT2D eigenvalue weighted by molar-refractivity contribution is 0.0983. The van der Waals surface area contributed by atoms with Crippen LogP contribution in [0.4, 0.5) is 5.13 Å². The molecule has 1 aromatic heterocycles. The third kappa shape index (κ3) is 5.50. The minimum absolute atomic E-state index is 0. The van der Waals surface area contributed by atoms with Crippen molar-refractivity contribution in [2.45, 2.75) is 27.7 Å². The molecule has 0 spiro atoms. The smallest absolute Gasteiger partial charge is 0.260 e. The zero-order valence-corrected chi connectivity index (χ0v) is 21.0. The highest BCUT2D eigenvalue weighted by Gasteiger charge is 2.24. The van der Waals surface area contributed by atoms with Gasteiger partial charge in [-0.25, -0.2) is 4.98 Å². The summed E-state index contributed by atoms with van der Waals surface area (Å²) >= 11 is 7.84. The molecule has 168 valence electrons. The van der Waals surface area contributed by atoms with Crippen molar-refractivity contribution in [3.05, 3.63) is 52.0 Å². The number of methoxy groups -OCH3 is 1. The van der Waals surface area contributed by atoms with E-state index in [2.05, 4.69) is 18.7 Å². The number of carbonyl (C=O) groups excluding carboxylic acids is 1. The zero-order valence-electron chi connectivity index (χ0n) is 18.6. The Bertz CT molecular complexity index is 1050. The number of hydrogen-bond acceptors (Lipinski definition) is 5. The maximum absolute atomic E-state index is 13.6. The predicted octanol–water partition coefficient (Wildman–Crippen LogP) is 5.99. The maximum Gasteiger partial charge on any atom is 0.260 e. The van der Waals surface area contributed by atoms with Gasteiger partial charge in [-0.05, 0) is 50.7 Å². The van der Waals surface area contributed by atoms with Crippen molar-refractivity contribution in [3.8, 4) is 5.75 Å². The predicted molar refractivity (Wildman–Crippen MR) is 134 cm³/mol. The fourth-order valence-electron chi connectivity index (χ4n) is 3.49. The van der Waals surface area contributed by atoms with Crippen LogP contribution < -0.4 is 9.64 Å². The average molecular weight is 482 g/mol. The molecule has 0 atom stereocenters. The lowest BCUT2D eigenvalue weighted by Gasteiger charge is -2.25. The third-order valence-electron chi connectivity index (χ3n) is 5.29. The molecule has 5 nitrogen and oxygen atoms in total. The number of ether oxygens (including phenoxy) is 1. The zero-order chi connectivity index (χ0) is 21.8. The summed E-state index contributed by atoms with van der Waals surface area (Å²) in [5, 5.41) is 1.24. The summed E-state index contributed by atoms with van der Waals surface area (Å²) < 4.78 is 6.29. The van der Waals surface area contributed by atoms with Crippen LogP contribution in [0.15, 0.2) is 30.3 Å². The number of aromatic nitrogens is 1. The van der Waals surface area contributed by atoms with E-state index in [1.165, 1.54) is 11.3 Å². The summed E-state index contributed by atoms with van der Waals surface area (Å²) in [7, 11) is 1.61. The number of benzene rings is 2. The number of anilines is 1. The van der Waals surface area contributed by atoms with E-state index in [-0.39, 0.29) is 18.3 Å². The van der Waals surface area contributed by atoms with E-state index >= 15 is 0 Å². The highest BCUT2D eigenvalue weighted by atomic mass is 35.5. The second-order valence-corrected chi connectivity index (χ2v) is 8.61. The summed E-state index contributed by atoms with van der Waals surface area (Å²) in [5.74, 6) is 0.605. The maximum atomic E-state index is 13.6. The number of likely N-dealkylation sites (N-methyl/N-ethyl adjacent to an activating group) is 1. The first-order chi connectivity index (χ1) is 14.4. The Morgan fingerprint density at radius 3 is 2.45 bits per heavy atom. The molecule has 2 aromatic carbocycles. The number of amides is 1. The fourth-order valence-corrected chi connectivity index (χ4v) is 4.77. The Morgan fingerprint density at radius 1 is 1.13 bits per heavy atom. The van der Waals surface area contributed by atoms with Crippen molar-refractivity contribution in [1.29, 1.82) is 0 Å². The molecule has 0 radical (unpaired) electrons. The van der Waals surface area contributed by atoms with Crippen LogP contribution in [0.25, 0.3) is 10.2 Å². The Morgan fingerprint density at radius 2 is 1.84 bits per heavy atom. The Labute approximate surface area is 199 Å². The molecule has 0 N–H and O–H groups in total. The number of fused-ring (bicyclic) bond motifs is 1. The Balaban J connectivity index is 0.00000341. The van der Waals surface area contributed by atoms with Gasteiger partial charge >= 0.3 is 0 Å². The second-order valence-electron chi connectivity index (χ2n) is 7.23. The third-order valence-corrected chi connectivity index (χ3v) is 6.83. The van der Waals surface area contributed by atoms with Gasteiger partial charge in [0, 0.05) is 18.7 Å². The van der Waals surface area contributed by atoms with Crippen molar-refractivity contribution in [2.24, 2.45) is 0 Å². The Kier molecular flexibility index (Phi) is 9.13. The van der Waals surface area contributed by atoms with E-state index in [1.807, 2.05) is 32.0 Å². The van der Waals surface area contributed by atoms with Crippen molar-refractivity contribution < 1.29 is 9.53 Å². The van der Waals surface area contributed by atoms with E-state index < -0.39 is 0 Å². The van der Waals surface area contributed by atoms with Crippen molar-refractivity contribution in [1.82, 2.24) is 9.88 Å². The van der Waals surface area contributed by atoms with Gasteiger partial charge in [-0.1, -0.05) is 54.5 Å². The molecule has 0 aliphatic rings. The number of carbonyl (C=O) groups is 1. The van der Waals surface area contributed by atoms with Crippen LogP contribution in [-0.4, -0.2) is 49.1 Å². The molecule has 3 rings (SSSR count). The molecule has 0 fully saturated rings. The van der Waals surface area contributed by atoms with Crippen LogP contribution in [0.3, 0.4) is 0 Å². The average Bonchev–Trinajstić information content (AvgIpc) is 3.17. The second kappa shape index (κ2) is 11.1. The highest BCUT2D eigenvalue weighted by molar-refractivity contribution is 7.23. The summed E-state index contributed by atoms with van der Waals surface area (Å²) in [5.41, 5.74) is 3.48. The summed E-state index contributed by atoms with van der Waals surface area (Å²) in [6.45, 7) is 11.4. The van der Waals surface area contributed by atoms with Crippen molar-refractivity contribution in [3.63, 3.8) is 0 Å². The van der Waals surface area contributed by atoms with E-state index in [1.54, 1.807) is 24.1 Å². The van der Waals surface area contributed by atoms with Crippen molar-refractivity contribution in [2.75, 3.05) is 38.2 Å². The van der Waals surface area contributed by atoms with E-state index in [0.717, 1.165) is 35.5 Å². The lowest BCUT2D eigenvalue weighted by atomic mass is 10.0. The molecule has 1 heterocycles. The molecule has 0 saturated carbocycles. The molecular weight excluding hydrogens is 453 g/mol. The van der Waals surface area contributed by atoms with Crippen molar-refractivity contribution >= 4 is 56.6 Å². The summed E-state index contributed by atoms with van der Waals surface area (Å²) in [6.07, 6.45) is 0. The number of halogens is 2. The van der Waals surface area contributed by atoms with Gasteiger partial charge in [0.15, 0.2) is 5.13 Å². The first-order valence-electron chi connectivity index (χ1n) is 10.1. The topological polar surface area (TPSA) is 45.7 Å². The number of hydrogen-bond donors (Lipinski definition) is 0. The normalized spacial score (nSPS) is 10.9. The van der Waals surface area contributed by atoms with Crippen LogP contribution in [0.5, 0.6) is 5.75 Å². The van der Waals surface area contributed by atoms with E-state index in [9.17, 15) is 4.79 Å². The molecule has 0 saturated heterocycles. The summed E-state index contributed by atoms with van der Waals surface area (Å²) in [6, 6.07) is 9.52. The Hall–Kier alpha value is -1.86. The molecule has 3 aromatic rings. The standard InChI is InChI=1S/C23H28ClN3O2S.ClH/c1-6-26(7-2)12-13-27(22(28)17-9-8-15(3)14-16(17)4)23-25-20-19(29-5)11-10-18(24)21(20)30-23;/h8-11,14H,6-7,12-13H2,1-5H3;1H. The molecule has 0 aliphatic heterocycles. The molecule has 31 heavy (non-hydrogen) atoms. The minimum atomic E-state index is -0.0474. The fraction of sp³-hybridized carbons (Fsp3) is 0.391. The monoisotopic (exact) mass is 481 g/mol. The number of rotatable bonds is 8. The van der Waals surface area contributed by atoms with Crippen LogP contribution in [-0.2, 0) is 0 Å². The largest absolute Gasteiger partial charge is 0.494 e. The number of aryl methyl sites for hydroxylation is 2. The van der Waals surface area contributed by atoms with E-state index in [4.69, 9.17) is 21.3 Å². The molecule has 0 bridgehead atoms. The van der Waals surface area contributed by atoms with Gasteiger partial charge < -0.3 is 9.64 Å². The van der Waals surface area contributed by atoms with Gasteiger partial charge in [-0.2, -0.15) is 0 Å². The van der Waals surface area contributed by atoms with Crippen LogP contribution in [0, 0.1) is 13.8 Å². The van der Waals surface area contributed by atoms with Crippen LogP contribution in [0.2, 0.25) is 5.02 Å². The van der Waals surface area contributed by atoms with Gasteiger partial charge in [0.1, 0.15) is 11.3 Å². The quantitative estimate of drug-likeness (QED) is 0.396. The van der Waals surface area contributed by atoms with Gasteiger partial charge in [0.2, 0.25) is 0 Å². The van der Waals surface area contributed by atoms with Gasteiger partial charge in [0.05, 0.1) is 16.8 Å². The van der Waals surface area contributed by atoms with Crippen LogP contribution in [0.1, 0.15) is 35.3 Å². The minimum Gasteiger partial charge on any atom is -0.494 e. The van der Waals surface area contributed by atoms with Gasteiger partial charge in [-0.3, -0.25) is 9.69 Å². The highest BCUT2D eigenvalue weighted by Crippen LogP contribution is 2.39. The van der Waals surface area contributed by atoms with Crippen LogP contribution >= 0.6 is 35.3 Å². The number of nitrogens with zero attached hydrogens (tertiary/aromatic N) is 3. The first-order valence-corrected chi connectivity index (χ1v) is 11.3. The SMILES string of the molecule is CCN(CC)CCN(C(=O)c1ccc(C)cc1C)c1nc2c(OC)ccc(Cl)c2s1.Cl. The molecule has 0 unspecified atom stereocenters. The molecular formula is C23H29Cl2N3O2S. The lowest BCUT2D eigenvalue weighted by Crippen LogP contribution is -2.39. The first kappa shape index (κ1) is 25.4. The molecule has 8 heteroatoms. The summed E-state index contributed by atoms with van der Waals surface area (Å²) in [4.78, 5) is 22.4. The van der Waals surface area contributed by atoms with Gasteiger partial charge in [-0.15, -0.1) is 12.4 Å². The molecule has 1 amide bonds.